The second-order valence-electron chi connectivity index (χ2n) is 7.75. The van der Waals surface area contributed by atoms with Crippen LogP contribution >= 0.6 is 15.9 Å². The number of alkyl halides is 1. The van der Waals surface area contributed by atoms with Crippen LogP contribution in [-0.4, -0.2) is 5.33 Å². The van der Waals surface area contributed by atoms with Gasteiger partial charge in [-0.1, -0.05) is 15.9 Å². The van der Waals surface area contributed by atoms with Crippen molar-refractivity contribution >= 4 is 15.9 Å². The van der Waals surface area contributed by atoms with E-state index >= 15 is 0 Å². The molecule has 19 heavy (non-hydrogen) atoms. The Bertz CT molecular complexity index is 540. The summed E-state index contributed by atoms with van der Waals surface area (Å²) in [5.41, 5.74) is 1.78. The fraction of sp³-hybridized carbons (Fsp3) is 0.941. The first kappa shape index (κ1) is 9.82. The summed E-state index contributed by atoms with van der Waals surface area (Å²) in [5, 5.41) is 9.51. The lowest BCUT2D eigenvalue weighted by Crippen LogP contribution is -1.78. The molecule has 0 amide bonds. The number of fused-ring (bicyclic) bond motifs is 2. The van der Waals surface area contributed by atoms with Crippen molar-refractivity contribution in [3.05, 3.63) is 0 Å². The monoisotopic (exact) mass is 321 g/mol. The van der Waals surface area contributed by atoms with Gasteiger partial charge >= 0.3 is 0 Å². The Labute approximate surface area is 127 Å². The van der Waals surface area contributed by atoms with E-state index in [-0.39, 0.29) is 11.8 Å². The van der Waals surface area contributed by atoms with Crippen LogP contribution in [0.25, 0.3) is 0 Å². The van der Waals surface area contributed by atoms with Crippen LogP contribution in [0, 0.1) is 44.8 Å². The van der Waals surface area contributed by atoms with E-state index in [1.165, 1.54) is 51.4 Å². The van der Waals surface area contributed by atoms with Crippen LogP contribution in [0.15, 0.2) is 0 Å². The quantitative estimate of drug-likeness (QED) is 0.678. The van der Waals surface area contributed by atoms with Crippen LogP contribution in [0.3, 0.4) is 0 Å². The van der Waals surface area contributed by atoms with Crippen molar-refractivity contribution in [3.63, 3.8) is 0 Å². The summed E-state index contributed by atoms with van der Waals surface area (Å²) in [6, 6.07) is 2.17. The smallest absolute Gasteiger partial charge is 0.0625 e. The van der Waals surface area contributed by atoms with Crippen LogP contribution in [0.2, 0.25) is 0 Å². The second-order valence-corrected chi connectivity index (χ2v) is 8.31. The predicted molar refractivity (Wildman–Crippen MR) is 77.7 cm³/mol. The summed E-state index contributed by atoms with van der Waals surface area (Å²) in [6.45, 7) is 0. The van der Waals surface area contributed by atoms with Crippen LogP contribution in [0.4, 0.5) is 0 Å². The maximum Gasteiger partial charge on any atom is 0.0625 e. The Balaban J connectivity index is 0.0000000996. The summed E-state index contributed by atoms with van der Waals surface area (Å²) < 4.78 is 16.3. The molecule has 6 aliphatic carbocycles. The minimum absolute atomic E-state index is 0.0278. The summed E-state index contributed by atoms with van der Waals surface area (Å²) >= 11 is 3.48. The number of nitriles is 1. The molecule has 0 atom stereocenters. The Morgan fingerprint density at radius 2 is 1.26 bits per heavy atom. The molecule has 0 aliphatic heterocycles. The van der Waals surface area contributed by atoms with E-state index in [0.29, 0.717) is 28.1 Å². The average Bonchev–Trinajstić information content (AvgIpc) is 3.27. The van der Waals surface area contributed by atoms with Gasteiger partial charge in [0.25, 0.3) is 0 Å². The van der Waals surface area contributed by atoms with Crippen molar-refractivity contribution in [2.45, 2.75) is 57.8 Å². The standard InChI is InChI=1S/C9H11N.C8H11Br/c10-6-1-7-8(2-3-8)9(7)4-5-9;9-5-6-7(1-2-7)8(6)3-4-8/h7H,1-5H2;6H,1-5H2/i7D;6D. The number of hydrogen-bond acceptors (Lipinski definition) is 1. The topological polar surface area (TPSA) is 23.8 Å². The highest BCUT2D eigenvalue weighted by Gasteiger charge is 2.86. The first-order valence-corrected chi connectivity index (χ1v) is 9.00. The first-order chi connectivity index (χ1) is 9.95. The van der Waals surface area contributed by atoms with Gasteiger partial charge in [-0.25, -0.2) is 0 Å². The first-order valence-electron chi connectivity index (χ1n) is 8.88. The van der Waals surface area contributed by atoms with E-state index in [9.17, 15) is 0 Å². The van der Waals surface area contributed by atoms with Gasteiger partial charge in [0.2, 0.25) is 0 Å². The number of hydrogen-bond donors (Lipinski definition) is 0. The molecule has 4 spiro atoms. The molecular formula is C17H22BrN. The van der Waals surface area contributed by atoms with E-state index in [1.54, 1.807) is 0 Å². The molecule has 0 heterocycles. The summed E-state index contributed by atoms with van der Waals surface area (Å²) in [7, 11) is 0. The van der Waals surface area contributed by atoms with Crippen LogP contribution in [0.5, 0.6) is 0 Å². The van der Waals surface area contributed by atoms with Gasteiger partial charge in [0.05, 0.1) is 6.07 Å². The zero-order valence-electron chi connectivity index (χ0n) is 13.4. The Hall–Kier alpha value is -0.0300. The molecule has 6 saturated carbocycles. The molecular weight excluding hydrogens is 298 g/mol. The van der Waals surface area contributed by atoms with E-state index < -0.39 is 0 Å². The van der Waals surface area contributed by atoms with Crippen molar-refractivity contribution in [2.24, 2.45) is 33.4 Å². The van der Waals surface area contributed by atoms with Gasteiger partial charge in [0, 0.05) is 14.5 Å². The Morgan fingerprint density at radius 1 is 0.895 bits per heavy atom. The molecule has 1 nitrogen and oxygen atoms in total. The number of nitrogens with zero attached hydrogens (tertiary/aromatic N) is 1. The molecule has 0 bridgehead atoms. The van der Waals surface area contributed by atoms with Gasteiger partial charge in [-0.3, -0.25) is 0 Å². The van der Waals surface area contributed by atoms with Crippen molar-refractivity contribution in [3.8, 4) is 6.07 Å². The maximum atomic E-state index is 8.59. The molecule has 0 unspecified atom stereocenters. The van der Waals surface area contributed by atoms with Crippen LogP contribution in [0.1, 0.15) is 60.5 Å². The van der Waals surface area contributed by atoms with Crippen molar-refractivity contribution in [1.82, 2.24) is 0 Å². The van der Waals surface area contributed by atoms with Crippen molar-refractivity contribution in [2.75, 3.05) is 5.33 Å². The molecule has 0 N–H and O–H groups in total. The highest BCUT2D eigenvalue weighted by molar-refractivity contribution is 9.09. The molecule has 0 saturated heterocycles. The maximum absolute atomic E-state index is 8.59. The zero-order chi connectivity index (χ0) is 14.8. The zero-order valence-corrected chi connectivity index (χ0v) is 13.0. The lowest BCUT2D eigenvalue weighted by atomic mass is 10.2. The summed E-state index contributed by atoms with van der Waals surface area (Å²) in [4.78, 5) is 0. The summed E-state index contributed by atoms with van der Waals surface area (Å²) in [6.07, 6.45) is 10.8. The van der Waals surface area contributed by atoms with Crippen LogP contribution in [-0.2, 0) is 0 Å². The van der Waals surface area contributed by atoms with Gasteiger partial charge < -0.3 is 0 Å². The van der Waals surface area contributed by atoms with Crippen molar-refractivity contribution < 1.29 is 2.74 Å². The fourth-order valence-electron chi connectivity index (χ4n) is 5.74. The van der Waals surface area contributed by atoms with E-state index in [4.69, 9.17) is 8.00 Å². The fourth-order valence-corrected chi connectivity index (χ4v) is 6.81. The molecule has 6 aliphatic rings. The van der Waals surface area contributed by atoms with Gasteiger partial charge in [0.15, 0.2) is 0 Å². The molecule has 6 fully saturated rings. The van der Waals surface area contributed by atoms with E-state index in [2.05, 4.69) is 22.0 Å². The van der Waals surface area contributed by atoms with Gasteiger partial charge in [-0.2, -0.15) is 5.26 Å². The van der Waals surface area contributed by atoms with Crippen molar-refractivity contribution in [1.29, 1.82) is 5.26 Å². The predicted octanol–water partition coefficient (Wildman–Crippen LogP) is 4.66. The molecule has 0 aromatic rings. The third-order valence-corrected chi connectivity index (χ3v) is 7.97. The van der Waals surface area contributed by atoms with Gasteiger partial charge in [0.1, 0.15) is 0 Å². The third-order valence-electron chi connectivity index (χ3n) is 7.41. The summed E-state index contributed by atoms with van der Waals surface area (Å²) in [5.74, 6) is -0.325. The SMILES string of the molecule is [2H]C1(CBr)C2(CC2)C12CC2.[2H]C1(CC#N)C2(CC2)C12CC2. The van der Waals surface area contributed by atoms with Gasteiger partial charge in [-0.05, 0) is 84.8 Å². The Morgan fingerprint density at radius 3 is 1.47 bits per heavy atom. The molecule has 0 radical (unpaired) electrons. The largest absolute Gasteiger partial charge is 0.198 e. The number of halogens is 1. The second kappa shape index (κ2) is 3.08. The van der Waals surface area contributed by atoms with E-state index in [1.807, 2.05) is 0 Å². The lowest BCUT2D eigenvalue weighted by molar-refractivity contribution is 0.716. The molecule has 102 valence electrons. The molecule has 0 aromatic heterocycles. The number of rotatable bonds is 2. The molecule has 0 aromatic carbocycles. The molecule has 6 rings (SSSR count). The van der Waals surface area contributed by atoms with E-state index in [0.717, 1.165) is 5.33 Å². The minimum atomic E-state index is -0.297. The third kappa shape index (κ3) is 1.16. The average molecular weight is 322 g/mol. The van der Waals surface area contributed by atoms with Crippen LogP contribution < -0.4 is 0 Å². The highest BCUT2D eigenvalue weighted by Crippen LogP contribution is 2.93. The Kier molecular flexibility index (Phi) is 1.59. The molecule has 2 heteroatoms. The van der Waals surface area contributed by atoms with Gasteiger partial charge in [-0.15, -0.1) is 0 Å². The highest BCUT2D eigenvalue weighted by atomic mass is 79.9. The normalized spacial score (nSPS) is 52.6. The minimum Gasteiger partial charge on any atom is -0.198 e. The lowest BCUT2D eigenvalue weighted by Gasteiger charge is -1.80.